The number of aromatic nitrogens is 1. The molecule has 0 spiro atoms. The average molecular weight is 398 g/mol. The van der Waals surface area contributed by atoms with Crippen LogP contribution in [0.4, 0.5) is 26.3 Å². The number of fused-ring (bicyclic) bond motifs is 1. The van der Waals surface area contributed by atoms with Crippen LogP contribution < -0.4 is 0 Å². The second-order valence-corrected chi connectivity index (χ2v) is 5.74. The lowest BCUT2D eigenvalue weighted by Gasteiger charge is -2.14. The van der Waals surface area contributed by atoms with Crippen molar-refractivity contribution in [1.29, 1.82) is 5.26 Å². The lowest BCUT2D eigenvalue weighted by Crippen LogP contribution is -2.16. The van der Waals surface area contributed by atoms with Crippen molar-refractivity contribution >= 4 is 16.9 Å². The maximum Gasteiger partial charge on any atom is 0.416 e. The van der Waals surface area contributed by atoms with Gasteiger partial charge < -0.3 is 4.42 Å². The summed E-state index contributed by atoms with van der Waals surface area (Å²) in [7, 11) is 0. The minimum absolute atomic E-state index is 0.0996. The van der Waals surface area contributed by atoms with Gasteiger partial charge in [0.1, 0.15) is 5.52 Å². The smallest absolute Gasteiger partial charge is 0.416 e. The summed E-state index contributed by atoms with van der Waals surface area (Å²) in [6.45, 7) is 0. The van der Waals surface area contributed by atoms with Gasteiger partial charge in [-0.3, -0.25) is 4.79 Å². The predicted octanol–water partition coefficient (Wildman–Crippen LogP) is 5.36. The highest BCUT2D eigenvalue weighted by Gasteiger charge is 2.38. The third kappa shape index (κ3) is 3.69. The molecule has 0 aliphatic heterocycles. The molecule has 1 aromatic heterocycles. The van der Waals surface area contributed by atoms with Gasteiger partial charge in [0.2, 0.25) is 5.89 Å². The van der Waals surface area contributed by atoms with Crippen LogP contribution >= 0.6 is 0 Å². The number of benzene rings is 2. The Hall–Kier alpha value is -3.35. The van der Waals surface area contributed by atoms with Crippen LogP contribution in [0.3, 0.4) is 0 Å². The molecule has 0 aliphatic rings. The maximum atomic E-state index is 13.0. The summed E-state index contributed by atoms with van der Waals surface area (Å²) in [5.74, 6) is -3.51. The molecule has 1 heterocycles. The highest BCUT2D eigenvalue weighted by atomic mass is 19.4. The molecule has 0 N–H and O–H groups in total. The molecule has 3 rings (SSSR count). The van der Waals surface area contributed by atoms with E-state index in [2.05, 4.69) is 4.98 Å². The van der Waals surface area contributed by atoms with Gasteiger partial charge in [0.25, 0.3) is 0 Å². The zero-order chi connectivity index (χ0) is 20.7. The first-order valence-corrected chi connectivity index (χ1v) is 7.59. The van der Waals surface area contributed by atoms with Crippen LogP contribution in [0.15, 0.2) is 46.9 Å². The molecular formula is C18H8F6N2O2. The number of ketones is 1. The van der Waals surface area contributed by atoms with Crippen LogP contribution in [0.1, 0.15) is 33.3 Å². The monoisotopic (exact) mass is 398 g/mol. The first kappa shape index (κ1) is 19.4. The van der Waals surface area contributed by atoms with Crippen molar-refractivity contribution in [1.82, 2.24) is 4.98 Å². The Morgan fingerprint density at radius 1 is 1.00 bits per heavy atom. The molecule has 1 atom stereocenters. The zero-order valence-corrected chi connectivity index (χ0v) is 13.6. The van der Waals surface area contributed by atoms with Gasteiger partial charge in [0.05, 0.1) is 17.2 Å². The number of nitriles is 1. The normalized spacial score (nSPS) is 13.3. The van der Waals surface area contributed by atoms with Gasteiger partial charge in [0, 0.05) is 5.56 Å². The molecule has 0 saturated heterocycles. The van der Waals surface area contributed by atoms with E-state index >= 15 is 0 Å². The summed E-state index contributed by atoms with van der Waals surface area (Å²) in [5, 5.41) is 9.28. The molecule has 0 unspecified atom stereocenters. The van der Waals surface area contributed by atoms with E-state index in [-0.39, 0.29) is 29.3 Å². The van der Waals surface area contributed by atoms with Gasteiger partial charge in [-0.15, -0.1) is 0 Å². The Morgan fingerprint density at radius 2 is 1.57 bits per heavy atom. The minimum atomic E-state index is -5.12. The van der Waals surface area contributed by atoms with Gasteiger partial charge >= 0.3 is 12.4 Å². The Kier molecular flexibility index (Phi) is 4.62. The molecule has 0 fully saturated rings. The summed E-state index contributed by atoms with van der Waals surface area (Å²) in [4.78, 5) is 16.5. The fraction of sp³-hybridized carbons (Fsp3) is 0.167. The summed E-state index contributed by atoms with van der Waals surface area (Å²) < 4.78 is 83.1. The fourth-order valence-electron chi connectivity index (χ4n) is 2.50. The first-order chi connectivity index (χ1) is 13.0. The van der Waals surface area contributed by atoms with Crippen molar-refractivity contribution in [3.8, 4) is 6.07 Å². The second kappa shape index (κ2) is 6.67. The minimum Gasteiger partial charge on any atom is -0.439 e. The Labute approximate surface area is 153 Å². The van der Waals surface area contributed by atoms with Crippen molar-refractivity contribution in [2.45, 2.75) is 18.3 Å². The number of para-hydroxylation sites is 2. The van der Waals surface area contributed by atoms with Crippen LogP contribution in [-0.2, 0) is 12.4 Å². The van der Waals surface area contributed by atoms with Crippen molar-refractivity contribution in [3.63, 3.8) is 0 Å². The van der Waals surface area contributed by atoms with E-state index < -0.39 is 46.6 Å². The number of carbonyl (C=O) groups is 1. The Balaban J connectivity index is 2.10. The molecule has 10 heteroatoms. The molecule has 144 valence electrons. The number of halogens is 6. The third-order valence-electron chi connectivity index (χ3n) is 3.82. The zero-order valence-electron chi connectivity index (χ0n) is 13.6. The molecule has 2 aromatic carbocycles. The molecule has 0 aliphatic carbocycles. The van der Waals surface area contributed by atoms with Crippen LogP contribution in [0.5, 0.6) is 0 Å². The molecule has 28 heavy (non-hydrogen) atoms. The molecule has 0 amide bonds. The fourth-order valence-corrected chi connectivity index (χ4v) is 2.50. The van der Waals surface area contributed by atoms with Crippen molar-refractivity contribution in [2.75, 3.05) is 0 Å². The second-order valence-electron chi connectivity index (χ2n) is 5.74. The maximum absolute atomic E-state index is 13.0. The van der Waals surface area contributed by atoms with Crippen LogP contribution in [0.25, 0.3) is 11.1 Å². The van der Waals surface area contributed by atoms with E-state index in [4.69, 9.17) is 4.42 Å². The largest absolute Gasteiger partial charge is 0.439 e. The lowest BCUT2D eigenvalue weighted by atomic mass is 9.95. The Bertz CT molecular complexity index is 1030. The highest BCUT2D eigenvalue weighted by molar-refractivity contribution is 6.02. The number of Topliss-reactive ketones (excluding diaryl/α,β-unsaturated/α-hetero) is 1. The van der Waals surface area contributed by atoms with E-state index in [0.29, 0.717) is 0 Å². The summed E-state index contributed by atoms with van der Waals surface area (Å²) in [5.41, 5.74) is -3.73. The molecule has 3 aromatic rings. The quantitative estimate of drug-likeness (QED) is 0.440. The van der Waals surface area contributed by atoms with E-state index in [0.717, 1.165) is 0 Å². The number of hydrogen-bond donors (Lipinski definition) is 0. The van der Waals surface area contributed by atoms with Crippen LogP contribution in [-0.4, -0.2) is 10.8 Å². The standard InChI is InChI=1S/C18H8F6N2O2/c19-17(20,21)10-5-9(6-11(7-10)18(22,23)24)15(27)12(8-25)16-26-13-3-1-2-4-14(13)28-16/h1-7,12H/t12-/m0/s1. The van der Waals surface area contributed by atoms with Crippen molar-refractivity contribution in [2.24, 2.45) is 0 Å². The molecule has 0 bridgehead atoms. The van der Waals surface area contributed by atoms with E-state index in [1.54, 1.807) is 12.1 Å². The number of rotatable bonds is 3. The van der Waals surface area contributed by atoms with Crippen LogP contribution in [0.2, 0.25) is 0 Å². The molecule has 0 radical (unpaired) electrons. The third-order valence-corrected chi connectivity index (χ3v) is 3.82. The number of hydrogen-bond acceptors (Lipinski definition) is 4. The SMILES string of the molecule is N#C[C@@H](C(=O)c1cc(C(F)(F)F)cc(C(F)(F)F)c1)c1nc2ccccc2o1. The molecular weight excluding hydrogens is 390 g/mol. The van der Waals surface area contributed by atoms with Gasteiger partial charge in [-0.1, -0.05) is 12.1 Å². The van der Waals surface area contributed by atoms with E-state index in [1.165, 1.54) is 18.2 Å². The first-order valence-electron chi connectivity index (χ1n) is 7.59. The average Bonchev–Trinajstić information content (AvgIpc) is 3.04. The Morgan fingerprint density at radius 3 is 2.07 bits per heavy atom. The molecule has 4 nitrogen and oxygen atoms in total. The topological polar surface area (TPSA) is 66.9 Å². The van der Waals surface area contributed by atoms with Crippen molar-refractivity contribution < 1.29 is 35.6 Å². The van der Waals surface area contributed by atoms with Gasteiger partial charge in [0.15, 0.2) is 17.3 Å². The summed E-state index contributed by atoms with van der Waals surface area (Å²) >= 11 is 0. The number of carbonyl (C=O) groups excluding carboxylic acids is 1. The van der Waals surface area contributed by atoms with Gasteiger partial charge in [-0.25, -0.2) is 4.98 Å². The van der Waals surface area contributed by atoms with Crippen LogP contribution in [0, 0.1) is 11.3 Å². The van der Waals surface area contributed by atoms with Crippen molar-refractivity contribution in [3.05, 3.63) is 65.0 Å². The number of nitrogens with zero attached hydrogens (tertiary/aromatic N) is 2. The number of alkyl halides is 6. The van der Waals surface area contributed by atoms with Gasteiger partial charge in [-0.05, 0) is 30.3 Å². The van der Waals surface area contributed by atoms with Gasteiger partial charge in [-0.2, -0.15) is 31.6 Å². The summed E-state index contributed by atoms with van der Waals surface area (Å²) in [6, 6.07) is 8.14. The molecule has 0 saturated carbocycles. The predicted molar refractivity (Wildman–Crippen MR) is 83.1 cm³/mol. The lowest BCUT2D eigenvalue weighted by molar-refractivity contribution is -0.143. The number of oxazole rings is 1. The van der Waals surface area contributed by atoms with E-state index in [1.807, 2.05) is 0 Å². The summed E-state index contributed by atoms with van der Waals surface area (Å²) in [6.07, 6.45) is -10.2. The highest BCUT2D eigenvalue weighted by Crippen LogP contribution is 2.37. The van der Waals surface area contributed by atoms with E-state index in [9.17, 15) is 36.4 Å².